The first kappa shape index (κ1) is 27.0. The van der Waals surface area contributed by atoms with E-state index >= 15 is 0 Å². The topological polar surface area (TPSA) is 38.8 Å². The standard InChI is InChI=1S/C36H51NO3/c1-23-18-32-33(37(21-23)34(38)39-22-26-10-6-5-7-11-26)25(3)36(40-32)17-15-28-29-14-13-27-12-8-9-16-35(27,4)31(29)19-30(28)24(2)20-36/h5-7,10-11,23,25,27-29,31-33H,8-9,12-22H2,1-4H3/t23-,25+,27-,28?,29-,31?,32+,33?,35-,36-/m0/s1. The molecule has 1 spiro atoms. The summed E-state index contributed by atoms with van der Waals surface area (Å²) in [5.41, 5.74) is 4.90. The molecule has 0 aromatic heterocycles. The second-order valence-corrected chi connectivity index (χ2v) is 15.2. The number of carbonyl (C=O) groups is 1. The number of rotatable bonds is 2. The molecule has 4 heteroatoms. The number of allylic oxidation sites excluding steroid dienone is 1. The molecule has 218 valence electrons. The van der Waals surface area contributed by atoms with E-state index in [0.29, 0.717) is 23.9 Å². The Bertz CT molecular complexity index is 1150. The summed E-state index contributed by atoms with van der Waals surface area (Å²) in [5, 5.41) is 0. The molecule has 4 aliphatic carbocycles. The van der Waals surface area contributed by atoms with Crippen molar-refractivity contribution in [1.82, 2.24) is 4.90 Å². The molecule has 3 saturated carbocycles. The van der Waals surface area contributed by atoms with E-state index in [1.54, 1.807) is 5.57 Å². The van der Waals surface area contributed by atoms with Crippen molar-refractivity contribution >= 4 is 6.09 Å². The maximum absolute atomic E-state index is 13.5. The van der Waals surface area contributed by atoms with Crippen LogP contribution in [-0.4, -0.2) is 35.3 Å². The lowest BCUT2D eigenvalue weighted by molar-refractivity contribution is -0.0800. The average Bonchev–Trinajstić information content (AvgIpc) is 3.41. The van der Waals surface area contributed by atoms with E-state index in [1.807, 2.05) is 35.9 Å². The van der Waals surface area contributed by atoms with Gasteiger partial charge in [0.15, 0.2) is 0 Å². The fourth-order valence-corrected chi connectivity index (χ4v) is 11.1. The zero-order valence-electron chi connectivity index (χ0n) is 25.4. The van der Waals surface area contributed by atoms with Gasteiger partial charge in [-0.3, -0.25) is 0 Å². The normalized spacial score (nSPS) is 44.5. The van der Waals surface area contributed by atoms with Gasteiger partial charge in [0.2, 0.25) is 0 Å². The zero-order chi connectivity index (χ0) is 27.6. The third kappa shape index (κ3) is 4.29. The minimum Gasteiger partial charge on any atom is -0.445 e. The van der Waals surface area contributed by atoms with Crippen LogP contribution < -0.4 is 0 Å². The van der Waals surface area contributed by atoms with E-state index in [-0.39, 0.29) is 23.8 Å². The predicted octanol–water partition coefficient (Wildman–Crippen LogP) is 8.55. The first-order chi connectivity index (χ1) is 19.3. The molecule has 3 unspecified atom stereocenters. The largest absolute Gasteiger partial charge is 0.445 e. The lowest BCUT2D eigenvalue weighted by Crippen LogP contribution is -2.54. The van der Waals surface area contributed by atoms with Crippen LogP contribution in [0.25, 0.3) is 0 Å². The molecule has 0 radical (unpaired) electrons. The molecule has 4 nitrogen and oxygen atoms in total. The van der Waals surface area contributed by atoms with Gasteiger partial charge in [-0.1, -0.05) is 75.1 Å². The summed E-state index contributed by atoms with van der Waals surface area (Å²) in [7, 11) is 0. The number of fused-ring (bicyclic) bond motifs is 6. The molecule has 1 amide bonds. The molecule has 1 aromatic rings. The molecule has 5 fully saturated rings. The summed E-state index contributed by atoms with van der Waals surface area (Å²) in [4.78, 5) is 15.6. The molecular formula is C36H51NO3. The second-order valence-electron chi connectivity index (χ2n) is 15.2. The van der Waals surface area contributed by atoms with E-state index in [2.05, 4.69) is 32.6 Å². The highest BCUT2D eigenvalue weighted by atomic mass is 16.6. The van der Waals surface area contributed by atoms with Gasteiger partial charge in [-0.25, -0.2) is 4.79 Å². The molecule has 6 aliphatic rings. The summed E-state index contributed by atoms with van der Waals surface area (Å²) in [6, 6.07) is 10.2. The Kier molecular flexibility index (Phi) is 6.88. The monoisotopic (exact) mass is 545 g/mol. The number of carbonyl (C=O) groups excluding carboxylic acids is 1. The van der Waals surface area contributed by atoms with Crippen LogP contribution in [0.4, 0.5) is 4.79 Å². The van der Waals surface area contributed by atoms with Gasteiger partial charge in [0.05, 0.1) is 17.7 Å². The molecule has 2 saturated heterocycles. The Morgan fingerprint density at radius 2 is 1.90 bits per heavy atom. The van der Waals surface area contributed by atoms with Crippen molar-refractivity contribution in [3.8, 4) is 0 Å². The van der Waals surface area contributed by atoms with E-state index in [9.17, 15) is 4.79 Å². The molecule has 10 atom stereocenters. The lowest BCUT2D eigenvalue weighted by atomic mass is 9.52. The van der Waals surface area contributed by atoms with Crippen LogP contribution in [0.15, 0.2) is 41.5 Å². The summed E-state index contributed by atoms with van der Waals surface area (Å²) < 4.78 is 13.1. The number of ether oxygens (including phenoxy) is 2. The van der Waals surface area contributed by atoms with E-state index in [4.69, 9.17) is 9.47 Å². The van der Waals surface area contributed by atoms with Crippen LogP contribution in [0.5, 0.6) is 0 Å². The Morgan fingerprint density at radius 3 is 2.73 bits per heavy atom. The van der Waals surface area contributed by atoms with Crippen molar-refractivity contribution in [1.29, 1.82) is 0 Å². The summed E-state index contributed by atoms with van der Waals surface area (Å²) >= 11 is 0. The number of benzene rings is 1. The fourth-order valence-electron chi connectivity index (χ4n) is 11.1. The number of piperidine rings is 1. The molecule has 0 N–H and O–H groups in total. The second kappa shape index (κ2) is 10.2. The molecule has 7 rings (SSSR count). The van der Waals surface area contributed by atoms with Crippen LogP contribution in [0, 0.1) is 40.9 Å². The lowest BCUT2D eigenvalue weighted by Gasteiger charge is -2.52. The maximum atomic E-state index is 13.5. The van der Waals surface area contributed by atoms with Gasteiger partial charge in [-0.05, 0) is 105 Å². The minimum atomic E-state index is -0.168. The third-order valence-electron chi connectivity index (χ3n) is 13.1. The first-order valence-corrected chi connectivity index (χ1v) is 16.6. The third-order valence-corrected chi connectivity index (χ3v) is 13.1. The number of hydrogen-bond acceptors (Lipinski definition) is 3. The molecule has 1 aromatic carbocycles. The summed E-state index contributed by atoms with van der Waals surface area (Å²) in [6.45, 7) is 10.9. The predicted molar refractivity (Wildman–Crippen MR) is 159 cm³/mol. The van der Waals surface area contributed by atoms with Crippen LogP contribution >= 0.6 is 0 Å². The van der Waals surface area contributed by atoms with Crippen LogP contribution in [0.2, 0.25) is 0 Å². The van der Waals surface area contributed by atoms with Gasteiger partial charge in [-0.2, -0.15) is 0 Å². The van der Waals surface area contributed by atoms with Crippen LogP contribution in [0.3, 0.4) is 0 Å². The molecular weight excluding hydrogens is 494 g/mol. The van der Waals surface area contributed by atoms with Crippen molar-refractivity contribution in [2.24, 2.45) is 40.9 Å². The quantitative estimate of drug-likeness (QED) is 0.350. The fraction of sp³-hybridized carbons (Fsp3) is 0.750. The smallest absolute Gasteiger partial charge is 0.410 e. The highest BCUT2D eigenvalue weighted by molar-refractivity contribution is 5.68. The van der Waals surface area contributed by atoms with Crippen LogP contribution in [0.1, 0.15) is 104 Å². The van der Waals surface area contributed by atoms with E-state index in [1.165, 1.54) is 51.4 Å². The Labute approximate surface area is 242 Å². The molecule has 2 aliphatic heterocycles. The Balaban J connectivity index is 1.11. The Hall–Kier alpha value is -1.81. The van der Waals surface area contributed by atoms with Crippen LogP contribution in [-0.2, 0) is 16.1 Å². The van der Waals surface area contributed by atoms with Gasteiger partial charge >= 0.3 is 6.09 Å². The molecule has 40 heavy (non-hydrogen) atoms. The van der Waals surface area contributed by atoms with Crippen molar-refractivity contribution in [3.05, 3.63) is 47.0 Å². The van der Waals surface area contributed by atoms with Crippen molar-refractivity contribution < 1.29 is 14.3 Å². The first-order valence-electron chi connectivity index (χ1n) is 16.6. The van der Waals surface area contributed by atoms with Gasteiger partial charge in [-0.15, -0.1) is 0 Å². The highest BCUT2D eigenvalue weighted by Gasteiger charge is 2.60. The van der Waals surface area contributed by atoms with E-state index < -0.39 is 0 Å². The SMILES string of the molecule is CC1=C2CC3[C@@H](CC[C@@H]4CCCC[C@]34C)C2CC[C@@]2(C1)O[C@@H]1C[C@H](C)CN(C(=O)OCc3ccccc3)C1[C@H]2C. The van der Waals surface area contributed by atoms with Crippen molar-refractivity contribution in [3.63, 3.8) is 0 Å². The van der Waals surface area contributed by atoms with Gasteiger partial charge < -0.3 is 14.4 Å². The molecule has 2 heterocycles. The highest BCUT2D eigenvalue weighted by Crippen LogP contribution is 2.65. The number of hydrogen-bond donors (Lipinski definition) is 0. The average molecular weight is 546 g/mol. The van der Waals surface area contributed by atoms with Gasteiger partial charge in [0.25, 0.3) is 0 Å². The summed E-state index contributed by atoms with van der Waals surface area (Å²) in [5.74, 6) is 4.23. The molecule has 0 bridgehead atoms. The number of likely N-dealkylation sites (tertiary alicyclic amines) is 1. The Morgan fingerprint density at radius 1 is 1.07 bits per heavy atom. The minimum absolute atomic E-state index is 0.111. The van der Waals surface area contributed by atoms with Crippen molar-refractivity contribution in [2.75, 3.05) is 6.54 Å². The van der Waals surface area contributed by atoms with Gasteiger partial charge in [0.1, 0.15) is 6.61 Å². The summed E-state index contributed by atoms with van der Waals surface area (Å²) in [6.07, 6.45) is 14.5. The van der Waals surface area contributed by atoms with Crippen molar-refractivity contribution in [2.45, 2.75) is 123 Å². The number of amides is 1. The number of nitrogens with zero attached hydrogens (tertiary/aromatic N) is 1. The zero-order valence-corrected chi connectivity index (χ0v) is 25.4. The van der Waals surface area contributed by atoms with E-state index in [0.717, 1.165) is 55.0 Å². The maximum Gasteiger partial charge on any atom is 0.410 e. The van der Waals surface area contributed by atoms with Gasteiger partial charge in [0, 0.05) is 12.5 Å².